The minimum atomic E-state index is -0.141. The largest absolute Gasteiger partial charge is 0.467 e. The lowest BCUT2D eigenvalue weighted by atomic mass is 9.79. The Morgan fingerprint density at radius 1 is 1.30 bits per heavy atom. The second kappa shape index (κ2) is 5.57. The molecule has 1 amide bonds. The van der Waals surface area contributed by atoms with Crippen molar-refractivity contribution in [3.05, 3.63) is 53.9 Å². The van der Waals surface area contributed by atoms with Gasteiger partial charge >= 0.3 is 0 Å². The Morgan fingerprint density at radius 2 is 2.13 bits per heavy atom. The summed E-state index contributed by atoms with van der Waals surface area (Å²) in [5, 5.41) is 6.21. The van der Waals surface area contributed by atoms with E-state index in [1.165, 1.54) is 0 Å². The molecule has 1 fully saturated rings. The molecule has 2 aliphatic rings. The highest BCUT2D eigenvalue weighted by atomic mass is 16.3. The van der Waals surface area contributed by atoms with Gasteiger partial charge in [0.1, 0.15) is 17.6 Å². The van der Waals surface area contributed by atoms with Crippen LogP contribution in [0.4, 0.5) is 0 Å². The molecule has 2 atom stereocenters. The number of hydrogen-bond acceptors (Lipinski definition) is 4. The van der Waals surface area contributed by atoms with Crippen LogP contribution in [0.3, 0.4) is 0 Å². The van der Waals surface area contributed by atoms with E-state index in [0.29, 0.717) is 0 Å². The maximum absolute atomic E-state index is 12.1. The first-order chi connectivity index (χ1) is 11.2. The standard InChI is InChI=1S/C18H18N2O3/c1-12(21)20-18(16-8-4-10-23-16)15-7-2-5-13(17(15)19-20)11-14-6-3-9-22-14/h3-4,6,8-11,15,18H,2,5,7H2,1H3/b13-11+/t15-,18+/m0/s1. The number of amides is 1. The summed E-state index contributed by atoms with van der Waals surface area (Å²) in [7, 11) is 0. The molecule has 2 aromatic heterocycles. The van der Waals surface area contributed by atoms with Crippen molar-refractivity contribution in [3.8, 4) is 0 Å². The summed E-state index contributed by atoms with van der Waals surface area (Å²) in [5.74, 6) is 1.73. The Bertz CT molecular complexity index is 756. The smallest absolute Gasteiger partial charge is 0.240 e. The maximum Gasteiger partial charge on any atom is 0.240 e. The van der Waals surface area contributed by atoms with Gasteiger partial charge in [-0.25, -0.2) is 5.01 Å². The predicted molar refractivity (Wildman–Crippen MR) is 85.4 cm³/mol. The van der Waals surface area contributed by atoms with Crippen LogP contribution in [0, 0.1) is 5.92 Å². The summed E-state index contributed by atoms with van der Waals surface area (Å²) in [4.78, 5) is 12.1. The van der Waals surface area contributed by atoms with Gasteiger partial charge in [-0.15, -0.1) is 0 Å². The van der Waals surface area contributed by atoms with E-state index in [9.17, 15) is 4.79 Å². The summed E-state index contributed by atoms with van der Waals surface area (Å²) in [6.07, 6.45) is 8.37. The van der Waals surface area contributed by atoms with Crippen LogP contribution in [0.5, 0.6) is 0 Å². The molecule has 0 unspecified atom stereocenters. The first kappa shape index (κ1) is 14.1. The zero-order chi connectivity index (χ0) is 15.8. The minimum Gasteiger partial charge on any atom is -0.467 e. The number of furan rings is 2. The molecule has 0 spiro atoms. The van der Waals surface area contributed by atoms with Gasteiger partial charge in [0.15, 0.2) is 0 Å². The third-order valence-electron chi connectivity index (χ3n) is 4.52. The van der Waals surface area contributed by atoms with Crippen LogP contribution in [0.2, 0.25) is 0 Å². The van der Waals surface area contributed by atoms with Crippen molar-refractivity contribution in [2.24, 2.45) is 11.0 Å². The number of nitrogens with zero attached hydrogens (tertiary/aromatic N) is 2. The van der Waals surface area contributed by atoms with Gasteiger partial charge in [-0.2, -0.15) is 5.10 Å². The summed E-state index contributed by atoms with van der Waals surface area (Å²) >= 11 is 0. The van der Waals surface area contributed by atoms with Crippen molar-refractivity contribution in [3.63, 3.8) is 0 Å². The highest BCUT2D eigenvalue weighted by Crippen LogP contribution is 2.44. The normalized spacial score (nSPS) is 25.5. The van der Waals surface area contributed by atoms with Gasteiger partial charge in [0.05, 0.1) is 18.2 Å². The lowest BCUT2D eigenvalue weighted by Gasteiger charge is -2.27. The van der Waals surface area contributed by atoms with Gasteiger partial charge in [-0.1, -0.05) is 0 Å². The Balaban J connectivity index is 1.74. The highest BCUT2D eigenvalue weighted by Gasteiger charge is 2.44. The van der Waals surface area contributed by atoms with Gasteiger partial charge in [0.2, 0.25) is 5.91 Å². The zero-order valence-electron chi connectivity index (χ0n) is 12.9. The van der Waals surface area contributed by atoms with Crippen molar-refractivity contribution >= 4 is 17.7 Å². The lowest BCUT2D eigenvalue weighted by molar-refractivity contribution is -0.131. The van der Waals surface area contributed by atoms with Gasteiger partial charge in [0, 0.05) is 12.8 Å². The van der Waals surface area contributed by atoms with Crippen molar-refractivity contribution in [1.82, 2.24) is 5.01 Å². The second-order valence-corrected chi connectivity index (χ2v) is 5.99. The fourth-order valence-corrected chi connectivity index (χ4v) is 3.55. The molecular weight excluding hydrogens is 292 g/mol. The van der Waals surface area contributed by atoms with E-state index in [4.69, 9.17) is 8.83 Å². The molecule has 1 saturated carbocycles. The van der Waals surface area contributed by atoms with Crippen LogP contribution in [0.15, 0.2) is 56.3 Å². The fourth-order valence-electron chi connectivity index (χ4n) is 3.55. The van der Waals surface area contributed by atoms with Crippen molar-refractivity contribution < 1.29 is 13.6 Å². The summed E-state index contributed by atoms with van der Waals surface area (Å²) in [6.45, 7) is 1.55. The first-order valence-electron chi connectivity index (χ1n) is 7.90. The van der Waals surface area contributed by atoms with E-state index in [1.807, 2.05) is 30.3 Å². The van der Waals surface area contributed by atoms with Gasteiger partial charge in [0.25, 0.3) is 0 Å². The number of fused-ring (bicyclic) bond motifs is 1. The van der Waals surface area contributed by atoms with Crippen LogP contribution in [0.25, 0.3) is 6.08 Å². The molecule has 3 heterocycles. The van der Waals surface area contributed by atoms with E-state index in [0.717, 1.165) is 42.1 Å². The van der Waals surface area contributed by atoms with E-state index in [2.05, 4.69) is 5.10 Å². The SMILES string of the molecule is CC(=O)N1N=C2/C(=C/c3ccco3)CCC[C@@H]2[C@@H]1c1ccco1. The van der Waals surface area contributed by atoms with E-state index in [-0.39, 0.29) is 17.9 Å². The van der Waals surface area contributed by atoms with Gasteiger partial charge in [-0.3, -0.25) is 4.79 Å². The summed E-state index contributed by atoms with van der Waals surface area (Å²) < 4.78 is 11.0. The van der Waals surface area contributed by atoms with Crippen LogP contribution < -0.4 is 0 Å². The molecule has 5 heteroatoms. The first-order valence-corrected chi connectivity index (χ1v) is 7.90. The van der Waals surface area contributed by atoms with E-state index >= 15 is 0 Å². The van der Waals surface area contributed by atoms with Crippen molar-refractivity contribution in [2.45, 2.75) is 32.2 Å². The molecular formula is C18H18N2O3. The van der Waals surface area contributed by atoms with Crippen LogP contribution in [-0.2, 0) is 4.79 Å². The van der Waals surface area contributed by atoms with E-state index in [1.54, 1.807) is 24.5 Å². The lowest BCUT2D eigenvalue weighted by Crippen LogP contribution is -2.30. The summed E-state index contributed by atoms with van der Waals surface area (Å²) in [5.41, 5.74) is 2.14. The van der Waals surface area contributed by atoms with Crippen molar-refractivity contribution in [2.75, 3.05) is 0 Å². The summed E-state index contributed by atoms with van der Waals surface area (Å²) in [6, 6.07) is 7.44. The molecule has 0 radical (unpaired) electrons. The average molecular weight is 310 g/mol. The molecule has 0 bridgehead atoms. The quantitative estimate of drug-likeness (QED) is 0.842. The Labute approximate surface area is 134 Å². The average Bonchev–Trinajstić information content (AvgIpc) is 3.27. The Morgan fingerprint density at radius 3 is 2.83 bits per heavy atom. The van der Waals surface area contributed by atoms with Gasteiger partial charge < -0.3 is 8.83 Å². The number of rotatable bonds is 2. The number of hydrazone groups is 1. The van der Waals surface area contributed by atoms with Crippen LogP contribution in [-0.4, -0.2) is 16.6 Å². The Kier molecular flexibility index (Phi) is 3.41. The number of hydrogen-bond donors (Lipinski definition) is 0. The molecule has 0 aromatic carbocycles. The predicted octanol–water partition coefficient (Wildman–Crippen LogP) is 4.02. The van der Waals surface area contributed by atoms with Crippen LogP contribution >= 0.6 is 0 Å². The van der Waals surface area contributed by atoms with Crippen molar-refractivity contribution in [1.29, 1.82) is 0 Å². The van der Waals surface area contributed by atoms with E-state index < -0.39 is 0 Å². The zero-order valence-corrected chi connectivity index (χ0v) is 12.9. The Hall–Kier alpha value is -2.56. The molecule has 4 rings (SSSR count). The fraction of sp³-hybridized carbons (Fsp3) is 0.333. The monoisotopic (exact) mass is 310 g/mol. The molecule has 1 aliphatic heterocycles. The topological polar surface area (TPSA) is 59.0 Å². The minimum absolute atomic E-state index is 0.0642. The molecule has 0 N–H and O–H groups in total. The van der Waals surface area contributed by atoms with Crippen LogP contribution in [0.1, 0.15) is 43.7 Å². The highest BCUT2D eigenvalue weighted by molar-refractivity contribution is 6.07. The second-order valence-electron chi connectivity index (χ2n) is 5.99. The molecule has 0 saturated heterocycles. The van der Waals surface area contributed by atoms with Gasteiger partial charge in [-0.05, 0) is 55.2 Å². The molecule has 118 valence electrons. The maximum atomic E-state index is 12.1. The third-order valence-corrected chi connectivity index (χ3v) is 4.52. The number of carbonyl (C=O) groups excluding carboxylic acids is 1. The number of carbonyl (C=O) groups is 1. The number of allylic oxidation sites excluding steroid dienone is 1. The third kappa shape index (κ3) is 2.42. The molecule has 1 aliphatic carbocycles. The molecule has 23 heavy (non-hydrogen) atoms. The molecule has 5 nitrogen and oxygen atoms in total. The molecule has 2 aromatic rings.